The van der Waals surface area contributed by atoms with Crippen molar-refractivity contribution in [2.75, 3.05) is 82.9 Å². The Labute approximate surface area is 350 Å². The van der Waals surface area contributed by atoms with Crippen LogP contribution in [0.3, 0.4) is 0 Å². The summed E-state index contributed by atoms with van der Waals surface area (Å²) in [6.07, 6.45) is 11.7. The lowest BCUT2D eigenvalue weighted by Crippen LogP contribution is -2.60. The van der Waals surface area contributed by atoms with Crippen molar-refractivity contribution in [1.82, 2.24) is 35.0 Å². The van der Waals surface area contributed by atoms with Crippen LogP contribution in [-0.2, 0) is 23.2 Å². The van der Waals surface area contributed by atoms with E-state index in [1.165, 1.54) is 12.8 Å². The van der Waals surface area contributed by atoms with E-state index in [9.17, 15) is 19.2 Å². The minimum absolute atomic E-state index is 0.0659. The largest absolute Gasteiger partial charge is 0.496 e. The number of methoxy groups -OCH3 is 2. The summed E-state index contributed by atoms with van der Waals surface area (Å²) in [5.41, 5.74) is 4.44. The highest BCUT2D eigenvalue weighted by Gasteiger charge is 2.45. The molecule has 0 saturated carbocycles. The Balaban J connectivity index is 0.762. The molecule has 1 aromatic carbocycles. The summed E-state index contributed by atoms with van der Waals surface area (Å²) in [6.45, 7) is 10.1. The molecule has 0 bridgehead atoms. The Bertz CT molecular complexity index is 2310. The fourth-order valence-corrected chi connectivity index (χ4v) is 9.75. The van der Waals surface area contributed by atoms with Gasteiger partial charge in [0.25, 0.3) is 11.5 Å². The van der Waals surface area contributed by atoms with Gasteiger partial charge in [-0.3, -0.25) is 29.4 Å². The highest BCUT2D eigenvalue weighted by molar-refractivity contribution is 6.03. The number of fused-ring (bicyclic) bond motifs is 1. The van der Waals surface area contributed by atoms with Gasteiger partial charge >= 0.3 is 0 Å². The summed E-state index contributed by atoms with van der Waals surface area (Å²) in [4.78, 5) is 68.1. The van der Waals surface area contributed by atoms with Gasteiger partial charge in [0.05, 0.1) is 37.1 Å². The fourth-order valence-electron chi connectivity index (χ4n) is 9.75. The summed E-state index contributed by atoms with van der Waals surface area (Å²) >= 11 is 0. The average molecular weight is 818 g/mol. The van der Waals surface area contributed by atoms with E-state index in [1.54, 1.807) is 44.3 Å². The number of nitrogens with one attached hydrogen (secondary N) is 2. The molecular formula is C45H55N9O6. The molecule has 3 amide bonds. The van der Waals surface area contributed by atoms with E-state index in [2.05, 4.69) is 52.3 Å². The van der Waals surface area contributed by atoms with Crippen molar-refractivity contribution in [3.8, 4) is 22.6 Å². The molecule has 4 aromatic rings. The minimum atomic E-state index is -0.722. The number of amides is 3. The van der Waals surface area contributed by atoms with Crippen LogP contribution in [0.25, 0.3) is 21.9 Å². The van der Waals surface area contributed by atoms with Crippen LogP contribution in [0.5, 0.6) is 11.5 Å². The second kappa shape index (κ2) is 16.5. The Morgan fingerprint density at radius 2 is 1.60 bits per heavy atom. The molecule has 1 spiro atoms. The molecule has 0 aliphatic carbocycles. The zero-order valence-corrected chi connectivity index (χ0v) is 34.9. The van der Waals surface area contributed by atoms with Gasteiger partial charge in [-0.25, -0.2) is 9.97 Å². The quantitative estimate of drug-likeness (QED) is 0.213. The molecule has 60 heavy (non-hydrogen) atoms. The summed E-state index contributed by atoms with van der Waals surface area (Å²) in [7, 11) is 5.22. The number of nitrogens with zero attached hydrogens (tertiary/aromatic N) is 7. The van der Waals surface area contributed by atoms with Crippen molar-refractivity contribution in [3.05, 3.63) is 70.5 Å². The SMILES string of the molecule is COc1cc(-c2cn(C)c(=O)c3cnc(N4CCC4)cc23)cc(OC)c1CN1CCC(CN2CCC3(CC2)CN(c2ccc(C(=O)NC4CCC(=O)NC4=O)nc2)C3)CC1. The number of anilines is 2. The topological polar surface area (TPSA) is 154 Å². The summed E-state index contributed by atoms with van der Waals surface area (Å²) in [6, 6.07) is 9.13. The van der Waals surface area contributed by atoms with E-state index in [4.69, 9.17) is 9.47 Å². The molecular weight excluding hydrogens is 763 g/mol. The van der Waals surface area contributed by atoms with Gasteiger partial charge in [0.2, 0.25) is 11.8 Å². The minimum Gasteiger partial charge on any atom is -0.496 e. The third kappa shape index (κ3) is 7.92. The van der Waals surface area contributed by atoms with Gasteiger partial charge in [0.15, 0.2) is 0 Å². The van der Waals surface area contributed by atoms with Crippen LogP contribution < -0.4 is 35.5 Å². The number of carbonyl (C=O) groups excluding carboxylic acids is 3. The molecule has 1 atom stereocenters. The number of aryl methyl sites for hydroxylation is 1. The number of hydrogen-bond acceptors (Lipinski definition) is 12. The van der Waals surface area contributed by atoms with Crippen molar-refractivity contribution in [2.24, 2.45) is 18.4 Å². The van der Waals surface area contributed by atoms with Gasteiger partial charge in [0.1, 0.15) is 29.1 Å². The Hall–Kier alpha value is -5.54. The Morgan fingerprint density at radius 3 is 2.23 bits per heavy atom. The van der Waals surface area contributed by atoms with Crippen molar-refractivity contribution in [3.63, 3.8) is 0 Å². The number of piperidine rings is 3. The molecule has 15 nitrogen and oxygen atoms in total. The van der Waals surface area contributed by atoms with Crippen LogP contribution in [0, 0.1) is 11.3 Å². The van der Waals surface area contributed by atoms with E-state index >= 15 is 0 Å². The normalized spacial score (nSPS) is 21.1. The first-order chi connectivity index (χ1) is 29.1. The smallest absolute Gasteiger partial charge is 0.270 e. The Morgan fingerprint density at radius 1 is 0.867 bits per heavy atom. The second-order valence-corrected chi connectivity index (χ2v) is 17.5. The summed E-state index contributed by atoms with van der Waals surface area (Å²) in [5.74, 6) is 1.94. The first kappa shape index (κ1) is 39.9. The van der Waals surface area contributed by atoms with Gasteiger partial charge in [-0.1, -0.05) is 0 Å². The highest BCUT2D eigenvalue weighted by atomic mass is 16.5. The van der Waals surface area contributed by atoms with E-state index in [0.717, 1.165) is 130 Å². The zero-order valence-electron chi connectivity index (χ0n) is 34.9. The first-order valence-corrected chi connectivity index (χ1v) is 21.4. The predicted octanol–water partition coefficient (Wildman–Crippen LogP) is 3.57. The Kier molecular flexibility index (Phi) is 11.0. The third-order valence-electron chi connectivity index (χ3n) is 13.6. The number of likely N-dealkylation sites (tertiary alicyclic amines) is 2. The predicted molar refractivity (Wildman–Crippen MR) is 229 cm³/mol. The molecule has 5 saturated heterocycles. The maximum absolute atomic E-state index is 13.1. The monoisotopic (exact) mass is 817 g/mol. The summed E-state index contributed by atoms with van der Waals surface area (Å²) < 4.78 is 13.7. The maximum Gasteiger partial charge on any atom is 0.270 e. The number of rotatable bonds is 11. The van der Waals surface area contributed by atoms with Crippen molar-refractivity contribution in [2.45, 2.75) is 57.5 Å². The molecule has 1 unspecified atom stereocenters. The molecule has 316 valence electrons. The van der Waals surface area contributed by atoms with Crippen molar-refractivity contribution in [1.29, 1.82) is 0 Å². The van der Waals surface area contributed by atoms with Gasteiger partial charge in [-0.05, 0) is 107 Å². The molecule has 9 rings (SSSR count). The second-order valence-electron chi connectivity index (χ2n) is 17.5. The number of benzene rings is 1. The molecule has 5 aliphatic rings. The van der Waals surface area contributed by atoms with Crippen LogP contribution in [-0.4, -0.2) is 121 Å². The molecule has 3 aromatic heterocycles. The number of imide groups is 1. The first-order valence-electron chi connectivity index (χ1n) is 21.4. The fraction of sp³-hybridized carbons (Fsp3) is 0.511. The molecule has 5 fully saturated rings. The van der Waals surface area contributed by atoms with E-state index in [0.29, 0.717) is 23.1 Å². The van der Waals surface area contributed by atoms with Crippen LogP contribution in [0.1, 0.15) is 61.0 Å². The van der Waals surface area contributed by atoms with E-state index in [-0.39, 0.29) is 23.6 Å². The van der Waals surface area contributed by atoms with E-state index in [1.807, 2.05) is 18.3 Å². The molecule has 15 heteroatoms. The van der Waals surface area contributed by atoms with Crippen LogP contribution in [0.2, 0.25) is 0 Å². The van der Waals surface area contributed by atoms with Crippen LogP contribution in [0.15, 0.2) is 53.7 Å². The number of pyridine rings is 3. The molecule has 8 heterocycles. The average Bonchev–Trinajstić information content (AvgIpc) is 3.23. The third-order valence-corrected chi connectivity index (χ3v) is 13.6. The number of hydrogen-bond donors (Lipinski definition) is 2. The number of ether oxygens (including phenoxy) is 2. The van der Waals surface area contributed by atoms with Gasteiger partial charge in [-0.15, -0.1) is 0 Å². The van der Waals surface area contributed by atoms with Gasteiger partial charge < -0.3 is 34.1 Å². The molecule has 0 radical (unpaired) electrons. The maximum atomic E-state index is 13.1. The number of aromatic nitrogens is 3. The van der Waals surface area contributed by atoms with Gasteiger partial charge in [-0.2, -0.15) is 0 Å². The lowest BCUT2D eigenvalue weighted by Gasteiger charge is -2.55. The molecule has 5 aliphatic heterocycles. The lowest BCUT2D eigenvalue weighted by atomic mass is 9.71. The van der Waals surface area contributed by atoms with Crippen molar-refractivity contribution >= 4 is 40.0 Å². The lowest BCUT2D eigenvalue weighted by molar-refractivity contribution is -0.134. The zero-order chi connectivity index (χ0) is 41.5. The van der Waals surface area contributed by atoms with Crippen molar-refractivity contribution < 1.29 is 23.9 Å². The van der Waals surface area contributed by atoms with Crippen LogP contribution in [0.4, 0.5) is 11.5 Å². The van der Waals surface area contributed by atoms with Gasteiger partial charge in [0, 0.05) is 81.5 Å². The summed E-state index contributed by atoms with van der Waals surface area (Å²) in [5, 5.41) is 6.44. The number of carbonyl (C=O) groups is 3. The highest BCUT2D eigenvalue weighted by Crippen LogP contribution is 2.43. The van der Waals surface area contributed by atoms with E-state index < -0.39 is 17.9 Å². The molecule has 2 N–H and O–H groups in total. The van der Waals surface area contributed by atoms with Crippen LogP contribution >= 0.6 is 0 Å². The standard InChI is InChI=1S/C45H55N9O6/c1-50-25-34(32-21-40(53-13-4-14-53)47-23-33(32)44(50)58)30-19-38(59-2)35(39(20-30)60-3)26-51-15-9-29(10-16-51)24-52-17-11-45(12-18-52)27-54(28-45)31-5-6-36(46-22-31)42(56)48-37-7-8-41(55)49-43(37)57/h5-6,19-23,25,29,37H,4,7-18,24,26-28H2,1-3H3,(H,48,56)(H,49,55,57).